The third-order valence-corrected chi connectivity index (χ3v) is 5.02. The molecule has 7 nitrogen and oxygen atoms in total. The quantitative estimate of drug-likeness (QED) is 0.327. The molecule has 2 aromatic carbocycles. The minimum atomic E-state index is -1.82. The monoisotopic (exact) mass is 419 g/mol. The number of nitrogens with zero attached hydrogens (tertiary/aromatic N) is 2. The SMILES string of the molecule is Nc1ccc(SC(Cn2ccnc2)c2ccc(Cl)cc2)cc1.O=C(O)C(=O)O. The Balaban J connectivity index is 0.000000409. The van der Waals surface area contributed by atoms with Crippen molar-refractivity contribution in [2.24, 2.45) is 0 Å². The first-order chi connectivity index (χ1) is 13.3. The van der Waals surface area contributed by atoms with E-state index in [-0.39, 0.29) is 5.25 Å². The molecule has 0 radical (unpaired) electrons. The normalized spacial score (nSPS) is 11.2. The van der Waals surface area contributed by atoms with Gasteiger partial charge in [0.15, 0.2) is 0 Å². The van der Waals surface area contributed by atoms with E-state index >= 15 is 0 Å². The molecule has 146 valence electrons. The minimum absolute atomic E-state index is 0.273. The van der Waals surface area contributed by atoms with Gasteiger partial charge in [-0.3, -0.25) is 0 Å². The third-order valence-electron chi connectivity index (χ3n) is 3.52. The molecule has 1 atom stereocenters. The van der Waals surface area contributed by atoms with Crippen LogP contribution in [0.4, 0.5) is 5.69 Å². The number of nitrogen functional groups attached to an aromatic ring is 1. The number of carboxylic acids is 2. The first kappa shape index (κ1) is 21.3. The van der Waals surface area contributed by atoms with Crippen molar-refractivity contribution in [2.75, 3.05) is 5.73 Å². The van der Waals surface area contributed by atoms with Gasteiger partial charge in [-0.1, -0.05) is 23.7 Å². The van der Waals surface area contributed by atoms with Gasteiger partial charge in [-0.05, 0) is 42.0 Å². The van der Waals surface area contributed by atoms with Gasteiger partial charge < -0.3 is 20.5 Å². The molecule has 0 aliphatic rings. The Hall–Kier alpha value is -2.97. The van der Waals surface area contributed by atoms with E-state index in [1.54, 1.807) is 6.20 Å². The highest BCUT2D eigenvalue weighted by Crippen LogP contribution is 2.37. The number of halogens is 1. The first-order valence-electron chi connectivity index (χ1n) is 8.04. The second kappa shape index (κ2) is 10.4. The highest BCUT2D eigenvalue weighted by Gasteiger charge is 2.14. The fourth-order valence-electron chi connectivity index (χ4n) is 2.19. The number of rotatable bonds is 5. The summed E-state index contributed by atoms with van der Waals surface area (Å²) in [6.07, 6.45) is 5.62. The number of benzene rings is 2. The molecular weight excluding hydrogens is 402 g/mol. The minimum Gasteiger partial charge on any atom is -0.473 e. The number of nitrogens with two attached hydrogens (primary N) is 1. The Morgan fingerprint density at radius 3 is 2.18 bits per heavy atom. The molecule has 0 fully saturated rings. The average molecular weight is 420 g/mol. The van der Waals surface area contributed by atoms with Gasteiger partial charge >= 0.3 is 11.9 Å². The summed E-state index contributed by atoms with van der Waals surface area (Å²) in [5.74, 6) is -3.65. The van der Waals surface area contributed by atoms with Crippen LogP contribution in [0.25, 0.3) is 0 Å². The lowest BCUT2D eigenvalue weighted by molar-refractivity contribution is -0.159. The second-order valence-corrected chi connectivity index (χ2v) is 7.31. The highest BCUT2D eigenvalue weighted by molar-refractivity contribution is 7.99. The zero-order valence-corrected chi connectivity index (χ0v) is 16.2. The number of anilines is 1. The van der Waals surface area contributed by atoms with Gasteiger partial charge in [0.2, 0.25) is 0 Å². The summed E-state index contributed by atoms with van der Waals surface area (Å²) in [6.45, 7) is 0.844. The highest BCUT2D eigenvalue weighted by atomic mass is 35.5. The lowest BCUT2D eigenvalue weighted by atomic mass is 10.1. The van der Waals surface area contributed by atoms with Gasteiger partial charge in [-0.25, -0.2) is 14.6 Å². The summed E-state index contributed by atoms with van der Waals surface area (Å²) in [5, 5.41) is 15.8. The fraction of sp³-hybridized carbons (Fsp3) is 0.105. The van der Waals surface area contributed by atoms with Crippen molar-refractivity contribution in [1.82, 2.24) is 9.55 Å². The Morgan fingerprint density at radius 2 is 1.68 bits per heavy atom. The second-order valence-electron chi connectivity index (χ2n) is 5.60. The maximum absolute atomic E-state index is 9.10. The zero-order valence-electron chi connectivity index (χ0n) is 14.6. The van der Waals surface area contributed by atoms with E-state index in [1.165, 1.54) is 10.5 Å². The number of aromatic nitrogens is 2. The summed E-state index contributed by atoms with van der Waals surface area (Å²) in [7, 11) is 0. The van der Waals surface area contributed by atoms with Crippen LogP contribution < -0.4 is 5.73 Å². The summed E-state index contributed by atoms with van der Waals surface area (Å²) in [4.78, 5) is 23.5. The van der Waals surface area contributed by atoms with Crippen molar-refractivity contribution in [2.45, 2.75) is 16.7 Å². The van der Waals surface area contributed by atoms with E-state index in [4.69, 9.17) is 37.1 Å². The van der Waals surface area contributed by atoms with E-state index in [0.717, 1.165) is 17.3 Å². The van der Waals surface area contributed by atoms with Crippen molar-refractivity contribution >= 4 is 41.0 Å². The molecule has 1 aromatic heterocycles. The number of carboxylic acid groups (broad SMARTS) is 2. The van der Waals surface area contributed by atoms with Crippen LogP contribution in [0.1, 0.15) is 10.8 Å². The molecule has 28 heavy (non-hydrogen) atoms. The van der Waals surface area contributed by atoms with Gasteiger partial charge in [0, 0.05) is 34.5 Å². The number of thioether (sulfide) groups is 1. The van der Waals surface area contributed by atoms with Crippen molar-refractivity contribution < 1.29 is 19.8 Å². The number of aliphatic carboxylic acids is 2. The molecule has 4 N–H and O–H groups in total. The molecule has 0 saturated heterocycles. The molecule has 0 spiro atoms. The number of hydrogen-bond donors (Lipinski definition) is 3. The van der Waals surface area contributed by atoms with E-state index in [2.05, 4.69) is 33.8 Å². The largest absolute Gasteiger partial charge is 0.473 e. The van der Waals surface area contributed by atoms with Crippen molar-refractivity contribution in [3.63, 3.8) is 0 Å². The van der Waals surface area contributed by atoms with Crippen LogP contribution in [-0.2, 0) is 16.1 Å². The smallest absolute Gasteiger partial charge is 0.414 e. The lowest BCUT2D eigenvalue weighted by Crippen LogP contribution is -2.09. The van der Waals surface area contributed by atoms with Gasteiger partial charge in [0.25, 0.3) is 0 Å². The molecule has 3 aromatic rings. The summed E-state index contributed by atoms with van der Waals surface area (Å²) < 4.78 is 2.09. The number of carbonyl (C=O) groups is 2. The molecule has 0 bridgehead atoms. The number of hydrogen-bond acceptors (Lipinski definition) is 5. The predicted octanol–water partition coefficient (Wildman–Crippen LogP) is 3.81. The van der Waals surface area contributed by atoms with Crippen LogP contribution in [-0.4, -0.2) is 31.7 Å². The summed E-state index contributed by atoms with van der Waals surface area (Å²) >= 11 is 7.81. The van der Waals surface area contributed by atoms with Crippen molar-refractivity contribution in [3.05, 3.63) is 77.8 Å². The Labute approximate surface area is 170 Å². The summed E-state index contributed by atoms with van der Waals surface area (Å²) in [5.41, 5.74) is 7.77. The Bertz CT molecular complexity index is 888. The van der Waals surface area contributed by atoms with E-state index in [9.17, 15) is 0 Å². The third kappa shape index (κ3) is 6.98. The molecular formula is C19H18ClN3O4S. The molecule has 0 saturated carbocycles. The van der Waals surface area contributed by atoms with Gasteiger partial charge in [0.05, 0.1) is 11.6 Å². The standard InChI is InChI=1S/C17H16ClN3S.C2H2O4/c18-14-3-1-13(2-4-14)17(11-21-10-9-20-12-21)22-16-7-5-15(19)6-8-16;3-1(4)2(5)6/h1-10,12,17H,11,19H2;(H,3,4)(H,5,6). The zero-order chi connectivity index (χ0) is 20.5. The van der Waals surface area contributed by atoms with Gasteiger partial charge in [-0.2, -0.15) is 0 Å². The van der Waals surface area contributed by atoms with E-state index in [0.29, 0.717) is 0 Å². The Morgan fingerprint density at radius 1 is 1.07 bits per heavy atom. The topological polar surface area (TPSA) is 118 Å². The number of imidazole rings is 1. The average Bonchev–Trinajstić information content (AvgIpc) is 3.17. The molecule has 0 aliphatic heterocycles. The van der Waals surface area contributed by atoms with Crippen molar-refractivity contribution in [1.29, 1.82) is 0 Å². The molecule has 0 aliphatic carbocycles. The maximum atomic E-state index is 9.10. The van der Waals surface area contributed by atoms with Crippen LogP contribution in [0.3, 0.4) is 0 Å². The van der Waals surface area contributed by atoms with Gasteiger partial charge in [-0.15, -0.1) is 11.8 Å². The van der Waals surface area contributed by atoms with E-state index in [1.807, 2.05) is 48.6 Å². The molecule has 0 amide bonds. The fourth-order valence-corrected chi connectivity index (χ4v) is 3.47. The molecule has 1 heterocycles. The van der Waals surface area contributed by atoms with Crippen LogP contribution in [0, 0.1) is 0 Å². The van der Waals surface area contributed by atoms with Crippen LogP contribution in [0.5, 0.6) is 0 Å². The summed E-state index contributed by atoms with van der Waals surface area (Å²) in [6, 6.07) is 16.0. The first-order valence-corrected chi connectivity index (χ1v) is 9.30. The molecule has 9 heteroatoms. The van der Waals surface area contributed by atoms with Crippen LogP contribution in [0.15, 0.2) is 72.1 Å². The van der Waals surface area contributed by atoms with E-state index < -0.39 is 11.9 Å². The maximum Gasteiger partial charge on any atom is 0.414 e. The van der Waals surface area contributed by atoms with Crippen molar-refractivity contribution in [3.8, 4) is 0 Å². The molecule has 1 unspecified atom stereocenters. The predicted molar refractivity (Wildman–Crippen MR) is 108 cm³/mol. The molecule has 3 rings (SSSR count). The van der Waals surface area contributed by atoms with Crippen LogP contribution in [0.2, 0.25) is 5.02 Å². The van der Waals surface area contributed by atoms with Gasteiger partial charge in [0.1, 0.15) is 0 Å². The lowest BCUT2D eigenvalue weighted by Gasteiger charge is -2.18. The van der Waals surface area contributed by atoms with Crippen LogP contribution >= 0.6 is 23.4 Å². The Kier molecular flexibility index (Phi) is 7.91.